The van der Waals surface area contributed by atoms with Crippen molar-refractivity contribution in [1.82, 2.24) is 15.3 Å². The SMILES string of the molecule is N#Cc1nccnc1N1CCC(C(=O)NC2CC2)C1. The molecule has 0 bridgehead atoms. The molecule has 1 aliphatic carbocycles. The minimum Gasteiger partial charge on any atom is -0.353 e. The molecular weight excluding hydrogens is 242 g/mol. The Morgan fingerprint density at radius 1 is 1.37 bits per heavy atom. The Labute approximate surface area is 111 Å². The van der Waals surface area contributed by atoms with Crippen LogP contribution in [0.25, 0.3) is 0 Å². The van der Waals surface area contributed by atoms with Crippen LogP contribution in [0.1, 0.15) is 25.0 Å². The number of anilines is 1. The summed E-state index contributed by atoms with van der Waals surface area (Å²) < 4.78 is 0. The zero-order chi connectivity index (χ0) is 13.2. The van der Waals surface area contributed by atoms with Crippen LogP contribution in [-0.4, -0.2) is 35.0 Å². The molecule has 0 spiro atoms. The maximum absolute atomic E-state index is 12.0. The lowest BCUT2D eigenvalue weighted by Crippen LogP contribution is -2.34. The van der Waals surface area contributed by atoms with Crippen molar-refractivity contribution >= 4 is 11.7 Å². The van der Waals surface area contributed by atoms with E-state index in [9.17, 15) is 4.79 Å². The number of nitrogens with zero attached hydrogens (tertiary/aromatic N) is 4. The molecule has 19 heavy (non-hydrogen) atoms. The molecule has 0 radical (unpaired) electrons. The Bertz CT molecular complexity index is 534. The first-order valence-corrected chi connectivity index (χ1v) is 6.54. The fourth-order valence-electron chi connectivity index (χ4n) is 2.35. The van der Waals surface area contributed by atoms with Gasteiger partial charge in [-0.3, -0.25) is 4.79 Å². The Balaban J connectivity index is 1.68. The van der Waals surface area contributed by atoms with Crippen molar-refractivity contribution in [2.24, 2.45) is 5.92 Å². The molecule has 6 heteroatoms. The average Bonchev–Trinajstić information content (AvgIpc) is 3.11. The second-order valence-electron chi connectivity index (χ2n) is 5.05. The second-order valence-corrected chi connectivity index (χ2v) is 5.05. The Hall–Kier alpha value is -2.16. The third kappa shape index (κ3) is 2.50. The van der Waals surface area contributed by atoms with Gasteiger partial charge in [-0.15, -0.1) is 0 Å². The summed E-state index contributed by atoms with van der Waals surface area (Å²) in [6, 6.07) is 2.44. The Morgan fingerprint density at radius 3 is 2.89 bits per heavy atom. The predicted molar refractivity (Wildman–Crippen MR) is 68.2 cm³/mol. The molecule has 3 rings (SSSR count). The standard InChI is InChI=1S/C13H15N5O/c14-7-11-12(16-5-4-15-11)18-6-3-9(8-18)13(19)17-10-1-2-10/h4-5,9-10H,1-3,6,8H2,(H,17,19). The number of hydrogen-bond acceptors (Lipinski definition) is 5. The number of rotatable bonds is 3. The minimum absolute atomic E-state index is 0.00542. The highest BCUT2D eigenvalue weighted by Crippen LogP contribution is 2.25. The monoisotopic (exact) mass is 257 g/mol. The molecule has 0 aromatic carbocycles. The number of nitrogens with one attached hydrogen (secondary N) is 1. The molecule has 1 unspecified atom stereocenters. The molecule has 1 saturated carbocycles. The first kappa shape index (κ1) is 11.9. The first-order valence-electron chi connectivity index (χ1n) is 6.54. The van der Waals surface area contributed by atoms with Crippen LogP contribution in [0.3, 0.4) is 0 Å². The van der Waals surface area contributed by atoms with Crippen molar-refractivity contribution in [3.05, 3.63) is 18.1 Å². The largest absolute Gasteiger partial charge is 0.353 e. The van der Waals surface area contributed by atoms with E-state index in [1.807, 2.05) is 11.0 Å². The second kappa shape index (κ2) is 4.84. The normalized spacial score (nSPS) is 22.1. The third-order valence-electron chi connectivity index (χ3n) is 3.57. The minimum atomic E-state index is -0.00542. The summed E-state index contributed by atoms with van der Waals surface area (Å²) >= 11 is 0. The summed E-state index contributed by atoms with van der Waals surface area (Å²) in [6.07, 6.45) is 6.10. The summed E-state index contributed by atoms with van der Waals surface area (Å²) in [4.78, 5) is 22.2. The molecule has 1 saturated heterocycles. The number of aromatic nitrogens is 2. The summed E-state index contributed by atoms with van der Waals surface area (Å²) in [7, 11) is 0. The summed E-state index contributed by atoms with van der Waals surface area (Å²) in [5.74, 6) is 0.716. The van der Waals surface area contributed by atoms with E-state index in [4.69, 9.17) is 5.26 Å². The zero-order valence-corrected chi connectivity index (χ0v) is 10.5. The van der Waals surface area contributed by atoms with E-state index in [2.05, 4.69) is 15.3 Å². The highest BCUT2D eigenvalue weighted by Gasteiger charge is 2.33. The number of carbonyl (C=O) groups excluding carboxylic acids is 1. The van der Waals surface area contributed by atoms with Crippen molar-refractivity contribution in [2.45, 2.75) is 25.3 Å². The van der Waals surface area contributed by atoms with Gasteiger partial charge >= 0.3 is 0 Å². The fourth-order valence-corrected chi connectivity index (χ4v) is 2.35. The molecule has 1 atom stereocenters. The molecule has 2 fully saturated rings. The van der Waals surface area contributed by atoms with Gasteiger partial charge in [-0.2, -0.15) is 5.26 Å². The summed E-state index contributed by atoms with van der Waals surface area (Å²) in [5, 5.41) is 12.1. The Morgan fingerprint density at radius 2 is 2.16 bits per heavy atom. The lowest BCUT2D eigenvalue weighted by molar-refractivity contribution is -0.124. The van der Waals surface area contributed by atoms with Crippen molar-refractivity contribution in [1.29, 1.82) is 5.26 Å². The molecule has 2 aliphatic rings. The summed E-state index contributed by atoms with van der Waals surface area (Å²) in [5.41, 5.74) is 0.325. The van der Waals surface area contributed by atoms with Gasteiger partial charge in [0.05, 0.1) is 5.92 Å². The quantitative estimate of drug-likeness (QED) is 0.850. The van der Waals surface area contributed by atoms with E-state index in [1.54, 1.807) is 6.20 Å². The first-order chi connectivity index (χ1) is 9.28. The highest BCUT2D eigenvalue weighted by atomic mass is 16.2. The number of nitriles is 1. The number of amides is 1. The van der Waals surface area contributed by atoms with E-state index in [0.717, 1.165) is 25.8 Å². The molecule has 98 valence electrons. The van der Waals surface area contributed by atoms with Crippen LogP contribution in [0.15, 0.2) is 12.4 Å². The molecule has 2 heterocycles. The van der Waals surface area contributed by atoms with Crippen molar-refractivity contribution in [3.63, 3.8) is 0 Å². The van der Waals surface area contributed by atoms with Crippen LogP contribution < -0.4 is 10.2 Å². The Kier molecular flexibility index (Phi) is 3.03. The van der Waals surface area contributed by atoms with Crippen LogP contribution in [0.4, 0.5) is 5.82 Å². The van der Waals surface area contributed by atoms with Crippen molar-refractivity contribution in [2.75, 3.05) is 18.0 Å². The van der Waals surface area contributed by atoms with Gasteiger partial charge in [0, 0.05) is 31.5 Å². The van der Waals surface area contributed by atoms with E-state index in [1.165, 1.54) is 6.20 Å². The molecular formula is C13H15N5O. The van der Waals surface area contributed by atoms with Crippen LogP contribution in [0.5, 0.6) is 0 Å². The highest BCUT2D eigenvalue weighted by molar-refractivity contribution is 5.80. The topological polar surface area (TPSA) is 81.9 Å². The maximum atomic E-state index is 12.0. The fraction of sp³-hybridized carbons (Fsp3) is 0.538. The van der Waals surface area contributed by atoms with E-state index < -0.39 is 0 Å². The third-order valence-corrected chi connectivity index (χ3v) is 3.57. The molecule has 1 aromatic rings. The van der Waals surface area contributed by atoms with Gasteiger partial charge in [0.1, 0.15) is 6.07 Å². The van der Waals surface area contributed by atoms with Gasteiger partial charge in [0.25, 0.3) is 0 Å². The lowest BCUT2D eigenvalue weighted by atomic mass is 10.1. The van der Waals surface area contributed by atoms with Crippen LogP contribution in [-0.2, 0) is 4.79 Å². The average molecular weight is 257 g/mol. The van der Waals surface area contributed by atoms with Gasteiger partial charge in [0.15, 0.2) is 11.5 Å². The van der Waals surface area contributed by atoms with E-state index >= 15 is 0 Å². The molecule has 1 amide bonds. The molecule has 1 aromatic heterocycles. The molecule has 1 N–H and O–H groups in total. The molecule has 1 aliphatic heterocycles. The van der Waals surface area contributed by atoms with Gasteiger partial charge in [-0.25, -0.2) is 9.97 Å². The van der Waals surface area contributed by atoms with Crippen LogP contribution >= 0.6 is 0 Å². The predicted octanol–water partition coefficient (Wildman–Crippen LogP) is 0.453. The van der Waals surface area contributed by atoms with E-state index in [-0.39, 0.29) is 11.8 Å². The maximum Gasteiger partial charge on any atom is 0.225 e. The van der Waals surface area contributed by atoms with Crippen LogP contribution in [0.2, 0.25) is 0 Å². The summed E-state index contributed by atoms with van der Waals surface area (Å²) in [6.45, 7) is 1.36. The smallest absolute Gasteiger partial charge is 0.225 e. The zero-order valence-electron chi connectivity index (χ0n) is 10.5. The van der Waals surface area contributed by atoms with Gasteiger partial charge in [-0.05, 0) is 19.3 Å². The van der Waals surface area contributed by atoms with Gasteiger partial charge < -0.3 is 10.2 Å². The van der Waals surface area contributed by atoms with Crippen molar-refractivity contribution < 1.29 is 4.79 Å². The molecule has 6 nitrogen and oxygen atoms in total. The number of hydrogen-bond donors (Lipinski definition) is 1. The van der Waals surface area contributed by atoms with Crippen LogP contribution in [0, 0.1) is 17.2 Å². The van der Waals surface area contributed by atoms with Crippen molar-refractivity contribution in [3.8, 4) is 6.07 Å². The lowest BCUT2D eigenvalue weighted by Gasteiger charge is -2.17. The van der Waals surface area contributed by atoms with Gasteiger partial charge in [0.2, 0.25) is 5.91 Å². The number of carbonyl (C=O) groups is 1. The van der Waals surface area contributed by atoms with Gasteiger partial charge in [-0.1, -0.05) is 0 Å². The van der Waals surface area contributed by atoms with E-state index in [0.29, 0.717) is 24.1 Å².